The summed E-state index contributed by atoms with van der Waals surface area (Å²) < 4.78 is 6.11. The molecule has 1 fully saturated rings. The van der Waals surface area contributed by atoms with E-state index in [1.807, 2.05) is 0 Å². The molecule has 1 aliphatic rings. The van der Waals surface area contributed by atoms with Crippen molar-refractivity contribution >= 4 is 15.9 Å². The van der Waals surface area contributed by atoms with Crippen LogP contribution in [0.25, 0.3) is 0 Å². The minimum absolute atomic E-state index is 0.149. The third kappa shape index (κ3) is 3.82. The Morgan fingerprint density at radius 3 is 2.47 bits per heavy atom. The highest BCUT2D eigenvalue weighted by molar-refractivity contribution is 9.09. The highest BCUT2D eigenvalue weighted by atomic mass is 79.9. The Labute approximate surface area is 113 Å². The van der Waals surface area contributed by atoms with Gasteiger partial charge in [0.25, 0.3) is 0 Å². The third-order valence-electron chi connectivity index (χ3n) is 3.62. The molecule has 2 rings (SSSR count). The zero-order chi connectivity index (χ0) is 12.0. The van der Waals surface area contributed by atoms with Crippen molar-refractivity contribution in [2.24, 2.45) is 0 Å². The summed E-state index contributed by atoms with van der Waals surface area (Å²) in [4.78, 5) is 0. The van der Waals surface area contributed by atoms with Crippen molar-refractivity contribution in [1.29, 1.82) is 0 Å². The Morgan fingerprint density at radius 2 is 1.82 bits per heavy atom. The smallest absolute Gasteiger partial charge is 0.0778 e. The van der Waals surface area contributed by atoms with Crippen LogP contribution < -0.4 is 0 Å². The van der Waals surface area contributed by atoms with E-state index in [1.165, 1.54) is 31.2 Å². The Balaban J connectivity index is 1.69. The van der Waals surface area contributed by atoms with Crippen LogP contribution in [-0.2, 0) is 11.2 Å². The van der Waals surface area contributed by atoms with E-state index in [4.69, 9.17) is 4.74 Å². The van der Waals surface area contributed by atoms with Crippen molar-refractivity contribution < 1.29 is 4.74 Å². The van der Waals surface area contributed by atoms with Crippen LogP contribution >= 0.6 is 15.9 Å². The number of halogens is 1. The first-order valence-electron chi connectivity index (χ1n) is 6.58. The zero-order valence-corrected chi connectivity index (χ0v) is 11.9. The lowest BCUT2D eigenvalue weighted by Gasteiger charge is -2.27. The van der Waals surface area contributed by atoms with Gasteiger partial charge in [-0.15, -0.1) is 0 Å². The van der Waals surface area contributed by atoms with Crippen LogP contribution in [0.1, 0.15) is 37.7 Å². The number of rotatable bonds is 6. The fraction of sp³-hybridized carbons (Fsp3) is 0.600. The summed E-state index contributed by atoms with van der Waals surface area (Å²) in [6.07, 6.45) is 7.35. The van der Waals surface area contributed by atoms with E-state index in [2.05, 4.69) is 46.3 Å². The number of alkyl halides is 1. The number of hydrogen-bond acceptors (Lipinski definition) is 1. The molecule has 1 aromatic rings. The molecule has 0 aliphatic heterocycles. The first-order chi connectivity index (χ1) is 8.35. The maximum Gasteiger partial charge on any atom is 0.0778 e. The molecule has 0 amide bonds. The van der Waals surface area contributed by atoms with Gasteiger partial charge in [-0.05, 0) is 31.2 Å². The van der Waals surface area contributed by atoms with E-state index in [1.54, 1.807) is 0 Å². The molecule has 0 aromatic heterocycles. The molecule has 1 saturated carbocycles. The van der Waals surface area contributed by atoms with Gasteiger partial charge in [-0.1, -0.05) is 59.1 Å². The minimum atomic E-state index is 0.149. The molecule has 0 heterocycles. The van der Waals surface area contributed by atoms with Gasteiger partial charge in [0.05, 0.1) is 5.60 Å². The van der Waals surface area contributed by atoms with Crippen LogP contribution in [0, 0.1) is 0 Å². The van der Waals surface area contributed by atoms with E-state index in [9.17, 15) is 0 Å². The molecule has 0 spiro atoms. The molecule has 1 nitrogen and oxygen atoms in total. The van der Waals surface area contributed by atoms with Crippen LogP contribution in [0.3, 0.4) is 0 Å². The number of benzene rings is 1. The van der Waals surface area contributed by atoms with Gasteiger partial charge in [-0.25, -0.2) is 0 Å². The first-order valence-corrected chi connectivity index (χ1v) is 7.71. The minimum Gasteiger partial charge on any atom is -0.374 e. The molecular weight excluding hydrogens is 276 g/mol. The summed E-state index contributed by atoms with van der Waals surface area (Å²) in [5, 5.41) is 0.991. The van der Waals surface area contributed by atoms with Gasteiger partial charge in [-0.3, -0.25) is 0 Å². The molecule has 2 heteroatoms. The van der Waals surface area contributed by atoms with E-state index in [0.717, 1.165) is 24.8 Å². The molecular formula is C15H21BrO. The molecule has 94 valence electrons. The lowest BCUT2D eigenvalue weighted by molar-refractivity contribution is -0.0223. The highest BCUT2D eigenvalue weighted by Gasteiger charge is 2.33. The molecule has 0 N–H and O–H groups in total. The monoisotopic (exact) mass is 296 g/mol. The fourth-order valence-electron chi connectivity index (χ4n) is 2.55. The van der Waals surface area contributed by atoms with Crippen molar-refractivity contribution in [3.63, 3.8) is 0 Å². The lowest BCUT2D eigenvalue weighted by atomic mass is 10.1. The third-order valence-corrected chi connectivity index (χ3v) is 4.64. The van der Waals surface area contributed by atoms with Gasteiger partial charge >= 0.3 is 0 Å². The predicted molar refractivity (Wildman–Crippen MR) is 75.7 cm³/mol. The molecule has 0 saturated heterocycles. The molecule has 0 radical (unpaired) electrons. The van der Waals surface area contributed by atoms with Crippen molar-refractivity contribution in [2.75, 3.05) is 11.9 Å². The van der Waals surface area contributed by atoms with E-state index in [0.29, 0.717) is 0 Å². The molecule has 0 atom stereocenters. The number of ether oxygens (including phenoxy) is 1. The van der Waals surface area contributed by atoms with Crippen molar-refractivity contribution in [1.82, 2.24) is 0 Å². The van der Waals surface area contributed by atoms with Gasteiger partial charge in [0, 0.05) is 11.9 Å². The number of aryl methyl sites for hydroxylation is 1. The zero-order valence-electron chi connectivity index (χ0n) is 10.3. The van der Waals surface area contributed by atoms with Crippen LogP contribution in [0.2, 0.25) is 0 Å². The summed E-state index contributed by atoms with van der Waals surface area (Å²) in [6, 6.07) is 10.7. The molecule has 17 heavy (non-hydrogen) atoms. The van der Waals surface area contributed by atoms with Crippen molar-refractivity contribution in [2.45, 2.75) is 44.1 Å². The second-order valence-corrected chi connectivity index (χ2v) is 5.52. The molecule has 1 aromatic carbocycles. The Kier molecular flexibility index (Phi) is 5.05. The number of hydrogen-bond donors (Lipinski definition) is 0. The quantitative estimate of drug-likeness (QED) is 0.560. The van der Waals surface area contributed by atoms with Gasteiger partial charge in [-0.2, -0.15) is 0 Å². The summed E-state index contributed by atoms with van der Waals surface area (Å²) in [5.41, 5.74) is 1.56. The Morgan fingerprint density at radius 1 is 1.12 bits per heavy atom. The van der Waals surface area contributed by atoms with E-state index in [-0.39, 0.29) is 5.60 Å². The van der Waals surface area contributed by atoms with Gasteiger partial charge in [0.2, 0.25) is 0 Å². The van der Waals surface area contributed by atoms with Crippen LogP contribution in [0.4, 0.5) is 0 Å². The average Bonchev–Trinajstić information content (AvgIpc) is 2.85. The molecule has 1 aliphatic carbocycles. The lowest BCUT2D eigenvalue weighted by Crippen LogP contribution is -2.31. The first kappa shape index (κ1) is 13.1. The second-order valence-electron chi connectivity index (χ2n) is 4.96. The average molecular weight is 297 g/mol. The maximum absolute atomic E-state index is 6.11. The Hall–Kier alpha value is -0.340. The predicted octanol–water partition coefficient (Wildman–Crippen LogP) is 4.34. The Bertz CT molecular complexity index is 317. The highest BCUT2D eigenvalue weighted by Crippen LogP contribution is 2.34. The summed E-state index contributed by atoms with van der Waals surface area (Å²) >= 11 is 3.61. The van der Waals surface area contributed by atoms with Crippen LogP contribution in [0.15, 0.2) is 30.3 Å². The van der Waals surface area contributed by atoms with Gasteiger partial charge < -0.3 is 4.74 Å². The van der Waals surface area contributed by atoms with E-state index < -0.39 is 0 Å². The van der Waals surface area contributed by atoms with Gasteiger partial charge in [0.15, 0.2) is 0 Å². The topological polar surface area (TPSA) is 9.23 Å². The van der Waals surface area contributed by atoms with Gasteiger partial charge in [0.1, 0.15) is 0 Å². The molecule has 0 bridgehead atoms. The summed E-state index contributed by atoms with van der Waals surface area (Å²) in [7, 11) is 0. The SMILES string of the molecule is BrCC1(OCCCc2ccccc2)CCCC1. The van der Waals surface area contributed by atoms with E-state index >= 15 is 0 Å². The maximum atomic E-state index is 6.11. The van der Waals surface area contributed by atoms with Crippen molar-refractivity contribution in [3.8, 4) is 0 Å². The summed E-state index contributed by atoms with van der Waals surface area (Å²) in [5.74, 6) is 0. The summed E-state index contributed by atoms with van der Waals surface area (Å²) in [6.45, 7) is 0.889. The second kappa shape index (κ2) is 6.55. The standard InChI is InChI=1S/C15H21BrO/c16-13-15(10-4-5-11-15)17-12-6-9-14-7-2-1-3-8-14/h1-3,7-8H,4-6,9-13H2. The van der Waals surface area contributed by atoms with Crippen molar-refractivity contribution in [3.05, 3.63) is 35.9 Å². The largest absolute Gasteiger partial charge is 0.374 e. The van der Waals surface area contributed by atoms with Crippen LogP contribution in [0.5, 0.6) is 0 Å². The molecule has 0 unspecified atom stereocenters. The fourth-order valence-corrected chi connectivity index (χ4v) is 3.27. The normalized spacial score (nSPS) is 18.4. The van der Waals surface area contributed by atoms with Crippen LogP contribution in [-0.4, -0.2) is 17.5 Å².